The van der Waals surface area contributed by atoms with Gasteiger partial charge in [-0.2, -0.15) is 0 Å². The third-order valence-corrected chi connectivity index (χ3v) is 7.62. The number of rotatable bonds is 10. The van der Waals surface area contributed by atoms with E-state index in [9.17, 15) is 14.4 Å². The predicted molar refractivity (Wildman–Crippen MR) is 173 cm³/mol. The normalized spacial score (nSPS) is 11.8. The van der Waals surface area contributed by atoms with Crippen LogP contribution in [0.3, 0.4) is 0 Å². The highest BCUT2D eigenvalue weighted by Crippen LogP contribution is 2.27. The van der Waals surface area contributed by atoms with E-state index in [0.717, 1.165) is 16.1 Å². The van der Waals surface area contributed by atoms with Crippen molar-refractivity contribution in [1.29, 1.82) is 0 Å². The Kier molecular flexibility index (Phi) is 10.4. The molecule has 0 saturated heterocycles. The molecule has 3 N–H and O–H groups in total. The van der Waals surface area contributed by atoms with Crippen LogP contribution in [0.2, 0.25) is 5.02 Å². The summed E-state index contributed by atoms with van der Waals surface area (Å²) in [4.78, 5) is 41.7. The van der Waals surface area contributed by atoms with Crippen molar-refractivity contribution in [2.75, 3.05) is 29.6 Å². The van der Waals surface area contributed by atoms with Gasteiger partial charge in [0.1, 0.15) is 5.70 Å². The fourth-order valence-corrected chi connectivity index (χ4v) is 4.90. The molecule has 4 rings (SSSR count). The molecule has 3 amide bonds. The Morgan fingerprint density at radius 3 is 2.10 bits per heavy atom. The lowest BCUT2D eigenvalue weighted by Gasteiger charge is -2.14. The fraction of sp³-hybridized carbons (Fsp3) is 0.121. The number of nitrogens with one attached hydrogen (secondary N) is 3. The number of para-hydroxylation sites is 1. The van der Waals surface area contributed by atoms with Gasteiger partial charge in [0.25, 0.3) is 11.8 Å². The predicted octanol–water partition coefficient (Wildman–Crippen LogP) is 6.93. The maximum atomic E-state index is 13.3. The van der Waals surface area contributed by atoms with Crippen LogP contribution in [0.5, 0.6) is 0 Å². The number of hydrogen-bond acceptors (Lipinski definition) is 5. The lowest BCUT2D eigenvalue weighted by molar-refractivity contribution is -0.115. The Hall–Kier alpha value is -4.53. The molecular weight excluding hydrogens is 568 g/mol. The van der Waals surface area contributed by atoms with Crippen LogP contribution in [-0.2, 0) is 9.59 Å². The molecule has 0 bridgehead atoms. The molecule has 9 heteroatoms. The molecule has 42 heavy (non-hydrogen) atoms. The minimum atomic E-state index is -0.469. The van der Waals surface area contributed by atoms with E-state index >= 15 is 0 Å². The summed E-state index contributed by atoms with van der Waals surface area (Å²) in [6, 6.07) is 30.6. The van der Waals surface area contributed by atoms with Crippen LogP contribution in [-0.4, -0.2) is 37.1 Å². The molecule has 1 atom stereocenters. The Morgan fingerprint density at radius 1 is 0.810 bits per heavy atom. The SMILES string of the molecule is CC(Sc1ccc(NC(=O)/C(=C/c2ccc(N(C)C)cc2)NC(=O)c2ccccc2)cc1)C(=O)Nc1ccccc1Cl. The number of thioether (sulfide) groups is 1. The van der Waals surface area contributed by atoms with Crippen LogP contribution >= 0.6 is 23.4 Å². The molecule has 0 fully saturated rings. The molecule has 0 aromatic heterocycles. The molecule has 0 spiro atoms. The van der Waals surface area contributed by atoms with E-state index in [4.69, 9.17) is 11.6 Å². The van der Waals surface area contributed by atoms with Crippen LogP contribution in [0, 0.1) is 0 Å². The summed E-state index contributed by atoms with van der Waals surface area (Å²) in [5.74, 6) is -1.03. The molecule has 4 aromatic carbocycles. The molecule has 0 aliphatic carbocycles. The largest absolute Gasteiger partial charge is 0.378 e. The van der Waals surface area contributed by atoms with Crippen LogP contribution in [0.25, 0.3) is 6.08 Å². The van der Waals surface area contributed by atoms with Crippen molar-refractivity contribution >= 4 is 64.2 Å². The molecule has 0 aliphatic heterocycles. The van der Waals surface area contributed by atoms with E-state index in [1.165, 1.54) is 11.8 Å². The lowest BCUT2D eigenvalue weighted by Crippen LogP contribution is -2.30. The van der Waals surface area contributed by atoms with Gasteiger partial charge in [-0.05, 0) is 79.2 Å². The van der Waals surface area contributed by atoms with Gasteiger partial charge in [0, 0.05) is 35.9 Å². The number of halogens is 1. The molecule has 4 aromatic rings. The first-order valence-electron chi connectivity index (χ1n) is 13.2. The Bertz CT molecular complexity index is 1570. The van der Waals surface area contributed by atoms with Gasteiger partial charge < -0.3 is 20.9 Å². The number of carbonyl (C=O) groups excluding carboxylic acids is 3. The summed E-state index contributed by atoms with van der Waals surface area (Å²) >= 11 is 7.53. The van der Waals surface area contributed by atoms with Crippen LogP contribution in [0.1, 0.15) is 22.8 Å². The summed E-state index contributed by atoms with van der Waals surface area (Å²) in [6.45, 7) is 1.81. The Balaban J connectivity index is 1.45. The summed E-state index contributed by atoms with van der Waals surface area (Å²) in [5, 5.41) is 8.54. The van der Waals surface area contributed by atoms with Gasteiger partial charge in [-0.15, -0.1) is 11.8 Å². The summed E-state index contributed by atoms with van der Waals surface area (Å²) < 4.78 is 0. The molecule has 0 saturated carbocycles. The highest BCUT2D eigenvalue weighted by molar-refractivity contribution is 8.00. The van der Waals surface area contributed by atoms with Gasteiger partial charge in [-0.1, -0.05) is 54.1 Å². The van der Waals surface area contributed by atoms with Crippen LogP contribution in [0.4, 0.5) is 17.1 Å². The van der Waals surface area contributed by atoms with Gasteiger partial charge in [0.2, 0.25) is 5.91 Å². The number of benzene rings is 4. The second kappa shape index (κ2) is 14.4. The van der Waals surface area contributed by atoms with Crippen LogP contribution < -0.4 is 20.9 Å². The topological polar surface area (TPSA) is 90.5 Å². The summed E-state index contributed by atoms with van der Waals surface area (Å²) in [7, 11) is 3.90. The van der Waals surface area contributed by atoms with Crippen molar-refractivity contribution in [2.24, 2.45) is 0 Å². The molecule has 0 heterocycles. The van der Waals surface area contributed by atoms with E-state index in [-0.39, 0.29) is 16.9 Å². The molecule has 7 nitrogen and oxygen atoms in total. The zero-order valence-corrected chi connectivity index (χ0v) is 25.0. The van der Waals surface area contributed by atoms with Gasteiger partial charge in [0.15, 0.2) is 0 Å². The Morgan fingerprint density at radius 2 is 1.45 bits per heavy atom. The van der Waals surface area contributed by atoms with Gasteiger partial charge >= 0.3 is 0 Å². The van der Waals surface area contributed by atoms with E-state index in [2.05, 4.69) is 16.0 Å². The van der Waals surface area contributed by atoms with Gasteiger partial charge in [0.05, 0.1) is 16.0 Å². The molecular formula is C33H31ClN4O3S. The van der Waals surface area contributed by atoms with E-state index < -0.39 is 11.8 Å². The summed E-state index contributed by atoms with van der Waals surface area (Å²) in [6.07, 6.45) is 1.64. The standard InChI is InChI=1S/C33H31ClN4O3S/c1-22(31(39)36-29-12-8-7-11-28(29)34)42-27-19-15-25(16-20-27)35-33(41)30(37-32(40)24-9-5-4-6-10-24)21-23-13-17-26(18-14-23)38(2)3/h4-22H,1-3H3,(H,35,41)(H,36,39)(H,37,40)/b30-21-. The first kappa shape index (κ1) is 30.4. The zero-order chi connectivity index (χ0) is 30.1. The first-order valence-corrected chi connectivity index (χ1v) is 14.4. The second-order valence-electron chi connectivity index (χ2n) is 9.57. The second-order valence-corrected chi connectivity index (χ2v) is 11.4. The smallest absolute Gasteiger partial charge is 0.272 e. The van der Waals surface area contributed by atoms with Crippen molar-refractivity contribution in [3.8, 4) is 0 Å². The quantitative estimate of drug-likeness (QED) is 0.136. The highest BCUT2D eigenvalue weighted by atomic mass is 35.5. The van der Waals surface area contributed by atoms with E-state index in [1.807, 2.05) is 68.4 Å². The monoisotopic (exact) mass is 598 g/mol. The van der Waals surface area contributed by atoms with Crippen molar-refractivity contribution in [3.05, 3.63) is 125 Å². The highest BCUT2D eigenvalue weighted by Gasteiger charge is 2.17. The maximum absolute atomic E-state index is 13.3. The molecule has 0 aliphatic rings. The number of carbonyl (C=O) groups is 3. The van der Waals surface area contributed by atoms with Crippen molar-refractivity contribution in [3.63, 3.8) is 0 Å². The van der Waals surface area contributed by atoms with Gasteiger partial charge in [-0.25, -0.2) is 0 Å². The van der Waals surface area contributed by atoms with Crippen LogP contribution in [0.15, 0.2) is 114 Å². The average molecular weight is 599 g/mol. The molecule has 0 radical (unpaired) electrons. The third-order valence-electron chi connectivity index (χ3n) is 6.18. The zero-order valence-electron chi connectivity index (χ0n) is 23.4. The maximum Gasteiger partial charge on any atom is 0.272 e. The van der Waals surface area contributed by atoms with Crippen molar-refractivity contribution < 1.29 is 14.4 Å². The lowest BCUT2D eigenvalue weighted by atomic mass is 10.1. The summed E-state index contributed by atoms with van der Waals surface area (Å²) in [5.41, 5.74) is 3.42. The number of anilines is 3. The van der Waals surface area contributed by atoms with Gasteiger partial charge in [-0.3, -0.25) is 14.4 Å². The fourth-order valence-electron chi connectivity index (χ4n) is 3.85. The minimum absolute atomic E-state index is 0.102. The minimum Gasteiger partial charge on any atom is -0.378 e. The first-order chi connectivity index (χ1) is 20.2. The van der Waals surface area contributed by atoms with Crippen molar-refractivity contribution in [1.82, 2.24) is 5.32 Å². The molecule has 1 unspecified atom stereocenters. The number of nitrogens with zero attached hydrogens (tertiary/aromatic N) is 1. The number of hydrogen-bond donors (Lipinski definition) is 3. The number of amides is 3. The third kappa shape index (κ3) is 8.49. The molecule has 214 valence electrons. The van der Waals surface area contributed by atoms with E-state index in [1.54, 1.807) is 66.7 Å². The average Bonchev–Trinajstić information content (AvgIpc) is 2.99. The van der Waals surface area contributed by atoms with E-state index in [0.29, 0.717) is 22.0 Å². The Labute approximate surface area is 255 Å². The van der Waals surface area contributed by atoms with Crippen molar-refractivity contribution in [2.45, 2.75) is 17.1 Å².